The van der Waals surface area contributed by atoms with Crippen molar-refractivity contribution in [2.45, 2.75) is 71.6 Å². The largest absolute Gasteiger partial charge is 0.391 e. The summed E-state index contributed by atoms with van der Waals surface area (Å²) in [5.41, 5.74) is 0. The van der Waals surface area contributed by atoms with E-state index in [1.807, 2.05) is 0 Å². The molecule has 0 aromatic carbocycles. The Morgan fingerprint density at radius 1 is 1.18 bits per heavy atom. The topological polar surface area (TPSA) is 23.5 Å². The third-order valence-electron chi connectivity index (χ3n) is 4.37. The molecule has 0 aliphatic heterocycles. The van der Waals surface area contributed by atoms with Crippen LogP contribution < -0.4 is 0 Å². The Kier molecular flexibility index (Phi) is 4.14. The lowest BCUT2D eigenvalue weighted by molar-refractivity contribution is -0.0322. The van der Waals surface area contributed by atoms with Crippen LogP contribution in [0.25, 0.3) is 0 Å². The van der Waals surface area contributed by atoms with Gasteiger partial charge < -0.3 is 5.11 Å². The molecule has 2 fully saturated rings. The van der Waals surface area contributed by atoms with Gasteiger partial charge in [-0.05, 0) is 43.4 Å². The van der Waals surface area contributed by atoms with Crippen LogP contribution in [0.1, 0.15) is 53.4 Å². The molecule has 2 aliphatic rings. The quantitative estimate of drug-likeness (QED) is 0.815. The van der Waals surface area contributed by atoms with Crippen LogP contribution >= 0.6 is 0 Å². The summed E-state index contributed by atoms with van der Waals surface area (Å²) in [6.07, 6.45) is 4.86. The van der Waals surface area contributed by atoms with E-state index in [2.05, 4.69) is 32.6 Å². The first kappa shape index (κ1) is 13.4. The summed E-state index contributed by atoms with van der Waals surface area (Å²) in [5.74, 6) is 2.04. The maximum atomic E-state index is 10.4. The van der Waals surface area contributed by atoms with Gasteiger partial charge in [0, 0.05) is 18.6 Å². The predicted octanol–water partition coefficient (Wildman–Crippen LogP) is 2.90. The van der Waals surface area contributed by atoms with Crippen molar-refractivity contribution < 1.29 is 5.11 Å². The van der Waals surface area contributed by atoms with Gasteiger partial charge in [0.25, 0.3) is 0 Å². The second-order valence-electron chi connectivity index (χ2n) is 6.93. The fourth-order valence-electron chi connectivity index (χ4n) is 3.69. The van der Waals surface area contributed by atoms with Crippen LogP contribution in [0.4, 0.5) is 0 Å². The highest BCUT2D eigenvalue weighted by Gasteiger charge is 2.42. The van der Waals surface area contributed by atoms with Gasteiger partial charge in [-0.2, -0.15) is 0 Å². The SMILES string of the molecule is CC(C)CN(C1CC1)C1C(C)CC(C)CC1O. The fraction of sp³-hybridized carbons (Fsp3) is 1.00. The Morgan fingerprint density at radius 3 is 2.29 bits per heavy atom. The first-order chi connectivity index (χ1) is 7.99. The average Bonchev–Trinajstić information content (AvgIpc) is 2.96. The van der Waals surface area contributed by atoms with Crippen molar-refractivity contribution in [2.75, 3.05) is 6.54 Å². The van der Waals surface area contributed by atoms with Crippen LogP contribution in [0, 0.1) is 17.8 Å². The van der Waals surface area contributed by atoms with Crippen molar-refractivity contribution in [3.05, 3.63) is 0 Å². The molecule has 0 amide bonds. The summed E-state index contributed by atoms with van der Waals surface area (Å²) in [6.45, 7) is 10.3. The molecule has 0 aromatic rings. The minimum absolute atomic E-state index is 0.104. The normalized spacial score (nSPS) is 39.0. The Hall–Kier alpha value is -0.0800. The summed E-state index contributed by atoms with van der Waals surface area (Å²) in [7, 11) is 0. The van der Waals surface area contributed by atoms with Gasteiger partial charge >= 0.3 is 0 Å². The van der Waals surface area contributed by atoms with E-state index in [0.29, 0.717) is 23.8 Å². The number of hydrogen-bond acceptors (Lipinski definition) is 2. The molecule has 2 rings (SSSR count). The van der Waals surface area contributed by atoms with Gasteiger partial charge in [0.2, 0.25) is 0 Å². The van der Waals surface area contributed by atoms with E-state index in [4.69, 9.17) is 0 Å². The Labute approximate surface area is 106 Å². The lowest BCUT2D eigenvalue weighted by atomic mass is 9.77. The Morgan fingerprint density at radius 2 is 1.82 bits per heavy atom. The van der Waals surface area contributed by atoms with Gasteiger partial charge in [-0.3, -0.25) is 4.90 Å². The molecule has 100 valence electrons. The number of aliphatic hydroxyl groups excluding tert-OH is 1. The molecule has 0 heterocycles. The zero-order valence-electron chi connectivity index (χ0n) is 11.9. The van der Waals surface area contributed by atoms with Crippen molar-refractivity contribution >= 4 is 0 Å². The second kappa shape index (κ2) is 5.27. The summed E-state index contributed by atoms with van der Waals surface area (Å²) >= 11 is 0. The van der Waals surface area contributed by atoms with Crippen molar-refractivity contribution in [2.24, 2.45) is 17.8 Å². The zero-order chi connectivity index (χ0) is 12.6. The summed E-state index contributed by atoms with van der Waals surface area (Å²) in [5, 5.41) is 10.4. The summed E-state index contributed by atoms with van der Waals surface area (Å²) in [6, 6.07) is 1.19. The molecule has 0 bridgehead atoms. The van der Waals surface area contributed by atoms with Crippen LogP contribution in [0.2, 0.25) is 0 Å². The van der Waals surface area contributed by atoms with E-state index in [-0.39, 0.29) is 6.10 Å². The average molecular weight is 239 g/mol. The molecule has 2 aliphatic carbocycles. The van der Waals surface area contributed by atoms with E-state index in [0.717, 1.165) is 19.0 Å². The molecule has 17 heavy (non-hydrogen) atoms. The highest BCUT2D eigenvalue weighted by Crippen LogP contribution is 2.38. The van der Waals surface area contributed by atoms with Crippen LogP contribution in [0.3, 0.4) is 0 Å². The lowest BCUT2D eigenvalue weighted by Crippen LogP contribution is -2.53. The van der Waals surface area contributed by atoms with Crippen LogP contribution in [-0.2, 0) is 0 Å². The minimum Gasteiger partial charge on any atom is -0.391 e. The number of aliphatic hydroxyl groups is 1. The van der Waals surface area contributed by atoms with Crippen molar-refractivity contribution in [3.63, 3.8) is 0 Å². The molecule has 1 N–H and O–H groups in total. The standard InChI is InChI=1S/C15H29NO/c1-10(2)9-16(13-5-6-13)15-12(4)7-11(3)8-14(15)17/h10-15,17H,5-9H2,1-4H3. The van der Waals surface area contributed by atoms with Gasteiger partial charge in [0.15, 0.2) is 0 Å². The highest BCUT2D eigenvalue weighted by atomic mass is 16.3. The van der Waals surface area contributed by atoms with Gasteiger partial charge in [-0.15, -0.1) is 0 Å². The summed E-state index contributed by atoms with van der Waals surface area (Å²) < 4.78 is 0. The number of rotatable bonds is 4. The van der Waals surface area contributed by atoms with E-state index in [1.54, 1.807) is 0 Å². The van der Waals surface area contributed by atoms with Crippen molar-refractivity contribution in [1.82, 2.24) is 4.90 Å². The van der Waals surface area contributed by atoms with Gasteiger partial charge in [-0.1, -0.05) is 27.7 Å². The van der Waals surface area contributed by atoms with Crippen LogP contribution in [-0.4, -0.2) is 34.7 Å². The summed E-state index contributed by atoms with van der Waals surface area (Å²) in [4.78, 5) is 2.63. The maximum Gasteiger partial charge on any atom is 0.0700 e. The van der Waals surface area contributed by atoms with E-state index in [9.17, 15) is 5.11 Å². The minimum atomic E-state index is -0.104. The van der Waals surface area contributed by atoms with E-state index < -0.39 is 0 Å². The van der Waals surface area contributed by atoms with E-state index in [1.165, 1.54) is 19.3 Å². The molecule has 2 heteroatoms. The maximum absolute atomic E-state index is 10.4. The molecule has 2 saturated carbocycles. The van der Waals surface area contributed by atoms with Gasteiger partial charge in [0.05, 0.1) is 6.10 Å². The molecule has 4 atom stereocenters. The lowest BCUT2D eigenvalue weighted by Gasteiger charge is -2.44. The third-order valence-corrected chi connectivity index (χ3v) is 4.37. The smallest absolute Gasteiger partial charge is 0.0700 e. The number of nitrogens with zero attached hydrogens (tertiary/aromatic N) is 1. The predicted molar refractivity (Wildman–Crippen MR) is 71.9 cm³/mol. The zero-order valence-corrected chi connectivity index (χ0v) is 11.9. The second-order valence-corrected chi connectivity index (χ2v) is 6.93. The number of hydrogen-bond donors (Lipinski definition) is 1. The first-order valence-electron chi connectivity index (χ1n) is 7.42. The first-order valence-corrected chi connectivity index (χ1v) is 7.42. The molecule has 0 spiro atoms. The van der Waals surface area contributed by atoms with Crippen LogP contribution in [0.15, 0.2) is 0 Å². The Bertz CT molecular complexity index is 237. The van der Waals surface area contributed by atoms with Crippen LogP contribution in [0.5, 0.6) is 0 Å². The van der Waals surface area contributed by atoms with Gasteiger partial charge in [0.1, 0.15) is 0 Å². The molecule has 0 saturated heterocycles. The molecule has 0 radical (unpaired) electrons. The fourth-order valence-corrected chi connectivity index (χ4v) is 3.69. The molecular formula is C15H29NO. The Balaban J connectivity index is 2.05. The third kappa shape index (κ3) is 3.23. The monoisotopic (exact) mass is 239 g/mol. The van der Waals surface area contributed by atoms with Gasteiger partial charge in [-0.25, -0.2) is 0 Å². The van der Waals surface area contributed by atoms with Crippen molar-refractivity contribution in [3.8, 4) is 0 Å². The van der Waals surface area contributed by atoms with E-state index >= 15 is 0 Å². The molecule has 4 unspecified atom stereocenters. The molecular weight excluding hydrogens is 210 g/mol. The highest BCUT2D eigenvalue weighted by molar-refractivity contribution is 4.96. The molecule has 0 aromatic heterocycles. The van der Waals surface area contributed by atoms with Crippen molar-refractivity contribution in [1.29, 1.82) is 0 Å². The molecule has 2 nitrogen and oxygen atoms in total.